The van der Waals surface area contributed by atoms with Crippen LogP contribution < -0.4 is 5.32 Å². The van der Waals surface area contributed by atoms with Gasteiger partial charge in [0.1, 0.15) is 11.9 Å². The molecule has 0 heterocycles. The molecule has 0 bridgehead atoms. The highest BCUT2D eigenvalue weighted by atomic mass is 19.1. The summed E-state index contributed by atoms with van der Waals surface area (Å²) < 4.78 is 13.3. The third-order valence-electron chi connectivity index (χ3n) is 3.36. The van der Waals surface area contributed by atoms with Crippen LogP contribution in [-0.4, -0.2) is 6.54 Å². The molecule has 1 unspecified atom stereocenters. The Labute approximate surface area is 95.1 Å². The van der Waals surface area contributed by atoms with Crippen molar-refractivity contribution in [2.24, 2.45) is 11.3 Å². The highest BCUT2D eigenvalue weighted by Gasteiger charge is 2.44. The van der Waals surface area contributed by atoms with Gasteiger partial charge < -0.3 is 5.32 Å². The summed E-state index contributed by atoms with van der Waals surface area (Å²) in [6.45, 7) is 5.34. The molecule has 1 aromatic rings. The van der Waals surface area contributed by atoms with Gasteiger partial charge in [-0.3, -0.25) is 0 Å². The predicted octanol–water partition coefficient (Wildman–Crippen LogP) is 3.16. The number of anilines is 1. The van der Waals surface area contributed by atoms with Gasteiger partial charge in [-0.25, -0.2) is 4.39 Å². The van der Waals surface area contributed by atoms with E-state index in [4.69, 9.17) is 5.26 Å². The van der Waals surface area contributed by atoms with Crippen LogP contribution in [0.15, 0.2) is 18.2 Å². The smallest absolute Gasteiger partial charge is 0.143 e. The maximum atomic E-state index is 13.3. The Hall–Kier alpha value is -1.56. The van der Waals surface area contributed by atoms with Gasteiger partial charge in [-0.1, -0.05) is 13.8 Å². The van der Waals surface area contributed by atoms with Crippen molar-refractivity contribution < 1.29 is 4.39 Å². The summed E-state index contributed by atoms with van der Waals surface area (Å²) in [6, 6.07) is 6.45. The SMILES string of the molecule is CC1(C)CC1CNc1ccc(C#N)c(F)c1. The molecular formula is C13H15FN2. The number of nitrogens with zero attached hydrogens (tertiary/aromatic N) is 1. The van der Waals surface area contributed by atoms with Gasteiger partial charge in [-0.2, -0.15) is 5.26 Å². The van der Waals surface area contributed by atoms with Gasteiger partial charge in [0, 0.05) is 12.2 Å². The normalized spacial score (nSPS) is 21.2. The topological polar surface area (TPSA) is 35.8 Å². The number of nitriles is 1. The summed E-state index contributed by atoms with van der Waals surface area (Å²) >= 11 is 0. The first-order chi connectivity index (χ1) is 7.53. The van der Waals surface area contributed by atoms with E-state index in [1.807, 2.05) is 6.07 Å². The summed E-state index contributed by atoms with van der Waals surface area (Å²) in [6.07, 6.45) is 1.22. The second-order valence-corrected chi connectivity index (χ2v) is 5.08. The van der Waals surface area contributed by atoms with E-state index in [1.165, 1.54) is 18.6 Å². The van der Waals surface area contributed by atoms with E-state index in [9.17, 15) is 4.39 Å². The van der Waals surface area contributed by atoms with Gasteiger partial charge in [0.15, 0.2) is 0 Å². The lowest BCUT2D eigenvalue weighted by Crippen LogP contribution is -2.07. The maximum absolute atomic E-state index is 13.3. The molecule has 1 saturated carbocycles. The second kappa shape index (κ2) is 3.79. The van der Waals surface area contributed by atoms with Crippen LogP contribution >= 0.6 is 0 Å². The average Bonchev–Trinajstić information content (AvgIpc) is 2.84. The fourth-order valence-corrected chi connectivity index (χ4v) is 1.88. The molecule has 0 saturated heterocycles. The molecule has 1 aromatic carbocycles. The van der Waals surface area contributed by atoms with Gasteiger partial charge in [0.2, 0.25) is 0 Å². The number of hydrogen-bond acceptors (Lipinski definition) is 2. The molecule has 1 N–H and O–H groups in total. The molecule has 0 radical (unpaired) electrons. The zero-order chi connectivity index (χ0) is 11.8. The van der Waals surface area contributed by atoms with Gasteiger partial charge in [-0.15, -0.1) is 0 Å². The minimum Gasteiger partial charge on any atom is -0.385 e. The second-order valence-electron chi connectivity index (χ2n) is 5.08. The van der Waals surface area contributed by atoms with Gasteiger partial charge in [0.05, 0.1) is 5.56 Å². The van der Waals surface area contributed by atoms with Crippen molar-refractivity contribution in [3.05, 3.63) is 29.6 Å². The monoisotopic (exact) mass is 218 g/mol. The Morgan fingerprint density at radius 2 is 2.25 bits per heavy atom. The van der Waals surface area contributed by atoms with Gasteiger partial charge >= 0.3 is 0 Å². The lowest BCUT2D eigenvalue weighted by Gasteiger charge is -2.08. The van der Waals surface area contributed by atoms with E-state index in [1.54, 1.807) is 6.07 Å². The van der Waals surface area contributed by atoms with E-state index in [0.717, 1.165) is 12.2 Å². The lowest BCUT2D eigenvalue weighted by atomic mass is 10.1. The number of halogens is 1. The minimum absolute atomic E-state index is 0.0947. The summed E-state index contributed by atoms with van der Waals surface area (Å²) in [7, 11) is 0. The van der Waals surface area contributed by atoms with Crippen molar-refractivity contribution in [2.75, 3.05) is 11.9 Å². The van der Waals surface area contributed by atoms with Crippen LogP contribution in [0.25, 0.3) is 0 Å². The van der Waals surface area contributed by atoms with Crippen LogP contribution in [0.2, 0.25) is 0 Å². The third kappa shape index (κ3) is 2.16. The van der Waals surface area contributed by atoms with Crippen molar-refractivity contribution in [3.8, 4) is 6.07 Å². The van der Waals surface area contributed by atoms with Crippen molar-refractivity contribution in [1.82, 2.24) is 0 Å². The van der Waals surface area contributed by atoms with E-state index < -0.39 is 5.82 Å². The zero-order valence-electron chi connectivity index (χ0n) is 9.55. The standard InChI is InChI=1S/C13H15FN2/c1-13(2)6-10(13)8-16-11-4-3-9(7-15)12(14)5-11/h3-5,10,16H,6,8H2,1-2H3. The molecule has 0 spiro atoms. The predicted molar refractivity (Wildman–Crippen MR) is 61.5 cm³/mol. The Bertz CT molecular complexity index is 446. The molecular weight excluding hydrogens is 203 g/mol. The average molecular weight is 218 g/mol. The Morgan fingerprint density at radius 1 is 1.56 bits per heavy atom. The third-order valence-corrected chi connectivity index (χ3v) is 3.36. The van der Waals surface area contributed by atoms with Crippen LogP contribution in [-0.2, 0) is 0 Å². The largest absolute Gasteiger partial charge is 0.385 e. The number of nitrogens with one attached hydrogen (secondary N) is 1. The van der Waals surface area contributed by atoms with Gasteiger partial charge in [-0.05, 0) is 36.0 Å². The molecule has 0 aliphatic heterocycles. The number of benzene rings is 1. The first kappa shape index (κ1) is 10.9. The number of hydrogen-bond donors (Lipinski definition) is 1. The quantitative estimate of drug-likeness (QED) is 0.845. The molecule has 3 heteroatoms. The molecule has 2 rings (SSSR count). The molecule has 0 amide bonds. The number of rotatable bonds is 3. The van der Waals surface area contributed by atoms with E-state index in [2.05, 4.69) is 19.2 Å². The summed E-state index contributed by atoms with van der Waals surface area (Å²) in [5.74, 6) is 0.216. The molecule has 84 valence electrons. The van der Waals surface area contributed by atoms with Crippen molar-refractivity contribution >= 4 is 5.69 Å². The van der Waals surface area contributed by atoms with E-state index in [0.29, 0.717) is 11.3 Å². The molecule has 1 fully saturated rings. The molecule has 1 aliphatic carbocycles. The van der Waals surface area contributed by atoms with Crippen LogP contribution in [0, 0.1) is 28.5 Å². The summed E-state index contributed by atoms with van der Waals surface area (Å²) in [5, 5.41) is 11.8. The minimum atomic E-state index is -0.456. The Kier molecular flexibility index (Phi) is 2.59. The molecule has 2 nitrogen and oxygen atoms in total. The fourth-order valence-electron chi connectivity index (χ4n) is 1.88. The van der Waals surface area contributed by atoms with Crippen LogP contribution in [0.1, 0.15) is 25.8 Å². The highest BCUT2D eigenvalue weighted by Crippen LogP contribution is 2.51. The zero-order valence-corrected chi connectivity index (χ0v) is 9.55. The summed E-state index contributed by atoms with van der Waals surface area (Å²) in [4.78, 5) is 0. The molecule has 1 atom stereocenters. The molecule has 16 heavy (non-hydrogen) atoms. The molecule has 0 aromatic heterocycles. The van der Waals surface area contributed by atoms with Crippen molar-refractivity contribution in [1.29, 1.82) is 5.26 Å². The van der Waals surface area contributed by atoms with Crippen LogP contribution in [0.3, 0.4) is 0 Å². The maximum Gasteiger partial charge on any atom is 0.143 e. The van der Waals surface area contributed by atoms with Crippen molar-refractivity contribution in [3.63, 3.8) is 0 Å². The first-order valence-corrected chi connectivity index (χ1v) is 5.46. The van der Waals surface area contributed by atoms with E-state index in [-0.39, 0.29) is 5.56 Å². The van der Waals surface area contributed by atoms with Crippen molar-refractivity contribution in [2.45, 2.75) is 20.3 Å². The van der Waals surface area contributed by atoms with Gasteiger partial charge in [0.25, 0.3) is 0 Å². The Balaban J connectivity index is 1.96. The van der Waals surface area contributed by atoms with E-state index >= 15 is 0 Å². The lowest BCUT2D eigenvalue weighted by molar-refractivity contribution is 0.573. The molecule has 1 aliphatic rings. The Morgan fingerprint density at radius 3 is 2.75 bits per heavy atom. The van der Waals surface area contributed by atoms with Crippen LogP contribution in [0.4, 0.5) is 10.1 Å². The highest BCUT2D eigenvalue weighted by molar-refractivity contribution is 5.48. The summed E-state index contributed by atoms with van der Waals surface area (Å²) in [5.41, 5.74) is 1.27. The van der Waals surface area contributed by atoms with Crippen LogP contribution in [0.5, 0.6) is 0 Å². The fraction of sp³-hybridized carbons (Fsp3) is 0.462. The first-order valence-electron chi connectivity index (χ1n) is 5.46.